The third-order valence-electron chi connectivity index (χ3n) is 7.36. The molecule has 14 nitrogen and oxygen atoms in total. The molecule has 10 N–H and O–H groups in total. The molecule has 0 fully saturated rings. The first-order valence-electron chi connectivity index (χ1n) is 16.6. The Hall–Kier alpha value is -3.34. The van der Waals surface area contributed by atoms with E-state index in [0.717, 1.165) is 11.8 Å². The minimum atomic E-state index is -1.18. The predicted molar refractivity (Wildman–Crippen MR) is 195 cm³/mol. The summed E-state index contributed by atoms with van der Waals surface area (Å²) in [4.78, 5) is 78.1. The molecule has 5 amide bonds. The van der Waals surface area contributed by atoms with Gasteiger partial charge in [-0.15, -0.1) is 0 Å². The average Bonchev–Trinajstić information content (AvgIpc) is 3.05. The fraction of sp³-hybridized carbons (Fsp3) is 0.636. The fourth-order valence-electron chi connectivity index (χ4n) is 4.69. The summed E-state index contributed by atoms with van der Waals surface area (Å²) < 4.78 is 0. The van der Waals surface area contributed by atoms with Gasteiger partial charge in [-0.25, -0.2) is 0 Å². The Balaban J connectivity index is 3.23. The van der Waals surface area contributed by atoms with Crippen molar-refractivity contribution in [3.63, 3.8) is 0 Å². The molecular formula is C33H55N7O7S2. The highest BCUT2D eigenvalue weighted by Crippen LogP contribution is 2.13. The zero-order valence-electron chi connectivity index (χ0n) is 29.2. The van der Waals surface area contributed by atoms with Crippen LogP contribution in [0.1, 0.15) is 65.4 Å². The number of carbonyl (C=O) groups excluding carboxylic acids is 6. The van der Waals surface area contributed by atoms with Crippen molar-refractivity contribution in [3.05, 3.63) is 29.8 Å². The highest BCUT2D eigenvalue weighted by molar-refractivity contribution is 8.13. The Morgan fingerprint density at radius 2 is 1.37 bits per heavy atom. The molecule has 0 heterocycles. The molecule has 0 aromatic heterocycles. The van der Waals surface area contributed by atoms with Gasteiger partial charge in [0.1, 0.15) is 29.9 Å². The van der Waals surface area contributed by atoms with Crippen LogP contribution in [0.2, 0.25) is 0 Å². The van der Waals surface area contributed by atoms with E-state index in [1.165, 1.54) is 30.8 Å². The number of carbonyl (C=O) groups is 6. The van der Waals surface area contributed by atoms with Crippen LogP contribution in [0.3, 0.4) is 0 Å². The van der Waals surface area contributed by atoms with Crippen molar-refractivity contribution in [3.8, 4) is 5.75 Å². The molecule has 0 unspecified atom stereocenters. The lowest BCUT2D eigenvalue weighted by atomic mass is 10.0. The topological polar surface area (TPSA) is 235 Å². The Kier molecular flexibility index (Phi) is 21.3. The minimum Gasteiger partial charge on any atom is -0.508 e. The predicted octanol–water partition coefficient (Wildman–Crippen LogP) is 0.545. The number of phenolic OH excluding ortho intramolecular Hbond substituents is 1. The van der Waals surface area contributed by atoms with Crippen molar-refractivity contribution in [2.75, 3.05) is 30.9 Å². The van der Waals surface area contributed by atoms with Gasteiger partial charge in [0.25, 0.3) is 0 Å². The molecule has 0 saturated heterocycles. The third-order valence-corrected chi connectivity index (χ3v) is 8.76. The molecule has 0 bridgehead atoms. The molecule has 0 radical (unpaired) electrons. The lowest BCUT2D eigenvalue weighted by Gasteiger charge is -2.27. The molecule has 0 aliphatic carbocycles. The van der Waals surface area contributed by atoms with Gasteiger partial charge in [-0.1, -0.05) is 44.7 Å². The summed E-state index contributed by atoms with van der Waals surface area (Å²) in [5.74, 6) is -1.61. The first kappa shape index (κ1) is 43.7. The van der Waals surface area contributed by atoms with Gasteiger partial charge >= 0.3 is 0 Å². The maximum Gasteiger partial charge on any atom is 0.243 e. The van der Waals surface area contributed by atoms with Crippen LogP contribution in [0.15, 0.2) is 24.3 Å². The molecule has 1 aromatic carbocycles. The second-order valence-electron chi connectivity index (χ2n) is 12.1. The van der Waals surface area contributed by atoms with Crippen molar-refractivity contribution >= 4 is 58.2 Å². The normalized spacial score (nSPS) is 14.1. The number of unbranched alkanes of at least 4 members (excludes halogenated alkanes) is 1. The molecule has 16 heteroatoms. The van der Waals surface area contributed by atoms with E-state index in [4.69, 9.17) is 11.5 Å². The smallest absolute Gasteiger partial charge is 0.243 e. The maximum atomic E-state index is 13.8. The SMILES string of the molecule is CCSC(=O)CNC(=O)[C@H](C)NC(=O)[C@H](CCCCN)NC(=O)[C@H](Cc1ccc(O)cc1)NC(=O)[C@H](CCSC)NC(=O)[C@@H](N)CC(C)C. The van der Waals surface area contributed by atoms with Crippen LogP contribution in [0, 0.1) is 5.92 Å². The summed E-state index contributed by atoms with van der Waals surface area (Å²) in [5.41, 5.74) is 12.3. The Morgan fingerprint density at radius 1 is 0.796 bits per heavy atom. The summed E-state index contributed by atoms with van der Waals surface area (Å²) >= 11 is 2.56. The summed E-state index contributed by atoms with van der Waals surface area (Å²) in [5, 5.41) is 22.9. The van der Waals surface area contributed by atoms with Gasteiger partial charge in [-0.3, -0.25) is 28.8 Å². The monoisotopic (exact) mass is 725 g/mol. The number of hydrogen-bond donors (Lipinski definition) is 8. The molecule has 49 heavy (non-hydrogen) atoms. The van der Waals surface area contributed by atoms with Gasteiger partial charge in [-0.05, 0) is 86.9 Å². The van der Waals surface area contributed by atoms with Gasteiger partial charge in [0.2, 0.25) is 34.7 Å². The fourth-order valence-corrected chi connectivity index (χ4v) is 5.65. The number of thioether (sulfide) groups is 2. The number of nitrogens with one attached hydrogen (secondary N) is 5. The summed E-state index contributed by atoms with van der Waals surface area (Å²) in [6.45, 7) is 7.34. The number of aromatic hydroxyl groups is 1. The first-order chi connectivity index (χ1) is 23.2. The van der Waals surface area contributed by atoms with E-state index in [-0.39, 0.29) is 42.6 Å². The van der Waals surface area contributed by atoms with Crippen molar-refractivity contribution < 1.29 is 33.9 Å². The third kappa shape index (κ3) is 17.8. The van der Waals surface area contributed by atoms with Gasteiger partial charge < -0.3 is 43.2 Å². The van der Waals surface area contributed by atoms with Crippen molar-refractivity contribution in [1.29, 1.82) is 0 Å². The second kappa shape index (κ2) is 23.9. The van der Waals surface area contributed by atoms with Crippen LogP contribution in [0.25, 0.3) is 0 Å². The molecule has 276 valence electrons. The number of benzene rings is 1. The molecule has 0 spiro atoms. The summed E-state index contributed by atoms with van der Waals surface area (Å²) in [6, 6.07) is 1.07. The minimum absolute atomic E-state index is 0.00760. The van der Waals surface area contributed by atoms with E-state index in [1.54, 1.807) is 12.1 Å². The van der Waals surface area contributed by atoms with E-state index in [1.807, 2.05) is 27.0 Å². The van der Waals surface area contributed by atoms with Crippen molar-refractivity contribution in [1.82, 2.24) is 26.6 Å². The number of phenols is 1. The Labute approximate surface area is 298 Å². The highest BCUT2D eigenvalue weighted by atomic mass is 32.2. The Morgan fingerprint density at radius 3 is 1.96 bits per heavy atom. The molecule has 1 rings (SSSR count). The first-order valence-corrected chi connectivity index (χ1v) is 19.0. The average molecular weight is 726 g/mol. The van der Waals surface area contributed by atoms with E-state index < -0.39 is 59.7 Å². The van der Waals surface area contributed by atoms with E-state index in [9.17, 15) is 33.9 Å². The number of nitrogens with two attached hydrogens (primary N) is 2. The number of hydrogen-bond acceptors (Lipinski definition) is 11. The second-order valence-corrected chi connectivity index (χ2v) is 14.4. The lowest BCUT2D eigenvalue weighted by molar-refractivity contribution is -0.134. The van der Waals surface area contributed by atoms with Crippen LogP contribution in [0.5, 0.6) is 5.75 Å². The van der Waals surface area contributed by atoms with Gasteiger partial charge in [0, 0.05) is 6.42 Å². The van der Waals surface area contributed by atoms with Crippen LogP contribution < -0.4 is 38.1 Å². The Bertz CT molecular complexity index is 1220. The summed E-state index contributed by atoms with van der Waals surface area (Å²) in [7, 11) is 0. The molecule has 0 aliphatic heterocycles. The molecule has 5 atom stereocenters. The van der Waals surface area contributed by atoms with Gasteiger partial charge in [0.05, 0.1) is 12.6 Å². The maximum absolute atomic E-state index is 13.8. The van der Waals surface area contributed by atoms with E-state index >= 15 is 0 Å². The van der Waals surface area contributed by atoms with Gasteiger partial charge in [-0.2, -0.15) is 11.8 Å². The number of rotatable bonds is 23. The largest absolute Gasteiger partial charge is 0.508 e. The van der Waals surface area contributed by atoms with Crippen LogP contribution in [0.4, 0.5) is 0 Å². The van der Waals surface area contributed by atoms with Gasteiger partial charge in [0.15, 0.2) is 0 Å². The van der Waals surface area contributed by atoms with E-state index in [2.05, 4.69) is 26.6 Å². The molecule has 0 saturated carbocycles. The zero-order valence-corrected chi connectivity index (χ0v) is 30.8. The van der Waals surface area contributed by atoms with Crippen molar-refractivity contribution in [2.45, 2.75) is 96.4 Å². The van der Waals surface area contributed by atoms with Crippen molar-refractivity contribution in [2.24, 2.45) is 17.4 Å². The number of amides is 5. The molecule has 1 aromatic rings. The zero-order chi connectivity index (χ0) is 36.9. The molecule has 0 aliphatic rings. The standard InChI is InChI=1S/C33H55N7O7S2/c1-6-49-28(42)19-36-29(43)21(4)37-31(45)25(9-7-8-15-34)39-33(47)27(18-22-10-12-23(41)13-11-22)40-32(46)26(14-16-48-5)38-30(44)24(35)17-20(2)3/h10-13,20-21,24-27,41H,6-9,14-19,34-35H2,1-5H3,(H,36,43)(H,37,45)(H,38,44)(H,39,47)(H,40,46)/t21-,24-,25-,26-,27-/m0/s1. The lowest BCUT2D eigenvalue weighted by Crippen LogP contribution is -2.59. The summed E-state index contributed by atoms with van der Waals surface area (Å²) in [6.07, 6.45) is 3.87. The van der Waals surface area contributed by atoms with Crippen LogP contribution in [-0.2, 0) is 35.2 Å². The van der Waals surface area contributed by atoms with Crippen LogP contribution in [-0.4, -0.2) is 101 Å². The van der Waals surface area contributed by atoms with E-state index in [0.29, 0.717) is 42.9 Å². The molecular weight excluding hydrogens is 671 g/mol. The highest BCUT2D eigenvalue weighted by Gasteiger charge is 2.31. The quantitative estimate of drug-likeness (QED) is 0.0726. The van der Waals surface area contributed by atoms with Crippen LogP contribution >= 0.6 is 23.5 Å².